The number of nitrogens with one attached hydrogen (secondary N) is 1. The van der Waals surface area contributed by atoms with Crippen LogP contribution < -0.4 is 5.32 Å². The van der Waals surface area contributed by atoms with Gasteiger partial charge in [-0.1, -0.05) is 147 Å². The Balaban J connectivity index is 0.00000305. The van der Waals surface area contributed by atoms with Crippen LogP contribution in [0.2, 0.25) is 0 Å². The molecule has 0 bridgehead atoms. The van der Waals surface area contributed by atoms with E-state index in [0.29, 0.717) is 30.0 Å². The van der Waals surface area contributed by atoms with Crippen molar-refractivity contribution in [2.45, 2.75) is 149 Å². The maximum Gasteiger partial charge on any atom is 0.131 e. The van der Waals surface area contributed by atoms with Gasteiger partial charge >= 0.3 is 0 Å². The second-order valence-corrected chi connectivity index (χ2v) is 16.2. The Labute approximate surface area is 343 Å². The van der Waals surface area contributed by atoms with Gasteiger partial charge in [-0.15, -0.1) is 0 Å². The number of fused-ring (bicyclic) bond motifs is 2. The highest BCUT2D eigenvalue weighted by molar-refractivity contribution is 5.63. The highest BCUT2D eigenvalue weighted by Gasteiger charge is 2.44. The van der Waals surface area contributed by atoms with Crippen molar-refractivity contribution < 1.29 is 13.5 Å². The molecule has 5 aliphatic rings. The van der Waals surface area contributed by atoms with E-state index in [-0.39, 0.29) is 12.5 Å². The molecule has 0 spiro atoms. The second-order valence-electron chi connectivity index (χ2n) is 16.2. The summed E-state index contributed by atoms with van der Waals surface area (Å²) < 4.78 is 34.4. The highest BCUT2D eigenvalue weighted by Crippen LogP contribution is 2.48. The number of benzene rings is 1. The summed E-state index contributed by atoms with van der Waals surface area (Å²) in [6, 6.07) is 4.53. The van der Waals surface area contributed by atoms with Crippen LogP contribution in [-0.2, 0) is 11.3 Å². The molecule has 57 heavy (non-hydrogen) atoms. The number of piperazine rings is 1. The van der Waals surface area contributed by atoms with Gasteiger partial charge in [0, 0.05) is 73.0 Å². The van der Waals surface area contributed by atoms with E-state index in [1.54, 1.807) is 0 Å². The molecule has 3 aliphatic heterocycles. The van der Waals surface area contributed by atoms with Crippen molar-refractivity contribution in [1.29, 1.82) is 0 Å². The Bertz CT molecular complexity index is 1820. The lowest BCUT2D eigenvalue weighted by Gasteiger charge is -2.47. The number of hydrogen-bond acceptors (Lipinski definition) is 4. The number of rotatable bonds is 21. The fourth-order valence-electron chi connectivity index (χ4n) is 8.84. The first-order chi connectivity index (χ1) is 27.7. The molecular formula is C51H69F2N3O. The van der Waals surface area contributed by atoms with E-state index in [4.69, 9.17) is 4.74 Å². The van der Waals surface area contributed by atoms with Crippen molar-refractivity contribution in [2.75, 3.05) is 13.2 Å². The summed E-state index contributed by atoms with van der Waals surface area (Å²) in [7, 11) is 0. The lowest BCUT2D eigenvalue weighted by atomic mass is 9.80. The Morgan fingerprint density at radius 2 is 1.67 bits per heavy atom. The predicted molar refractivity (Wildman–Crippen MR) is 235 cm³/mol. The number of halogens is 2. The lowest BCUT2D eigenvalue weighted by molar-refractivity contribution is 0.185. The van der Waals surface area contributed by atoms with Gasteiger partial charge in [0.25, 0.3) is 0 Å². The molecule has 2 saturated heterocycles. The quantitative estimate of drug-likeness (QED) is 0.0764. The number of unbranched alkanes of at least 4 members (excludes halogenated alkanes) is 10. The molecule has 0 aromatic heterocycles. The van der Waals surface area contributed by atoms with Crippen LogP contribution in [0.15, 0.2) is 131 Å². The molecule has 1 aromatic carbocycles. The van der Waals surface area contributed by atoms with Gasteiger partial charge in [-0.3, -0.25) is 0 Å². The van der Waals surface area contributed by atoms with E-state index in [2.05, 4.69) is 91.0 Å². The van der Waals surface area contributed by atoms with Crippen molar-refractivity contribution in [3.8, 4) is 0 Å². The smallest absolute Gasteiger partial charge is 0.131 e. The average Bonchev–Trinajstić information content (AvgIpc) is 3.44. The van der Waals surface area contributed by atoms with Gasteiger partial charge < -0.3 is 19.9 Å². The largest absolute Gasteiger partial charge is 0.494 e. The Kier molecular flexibility index (Phi) is 16.9. The lowest BCUT2D eigenvalue weighted by Crippen LogP contribution is -2.49. The molecule has 2 aliphatic carbocycles. The third-order valence-electron chi connectivity index (χ3n) is 12.1. The summed E-state index contributed by atoms with van der Waals surface area (Å²) in [6.07, 6.45) is 32.4. The van der Waals surface area contributed by atoms with Crippen LogP contribution in [0.5, 0.6) is 0 Å². The summed E-state index contributed by atoms with van der Waals surface area (Å²) >= 11 is 0. The molecule has 1 N–H and O–H groups in total. The summed E-state index contributed by atoms with van der Waals surface area (Å²) in [5, 5.41) is 3.31. The minimum atomic E-state index is -0.584. The third-order valence-corrected chi connectivity index (χ3v) is 12.1. The van der Waals surface area contributed by atoms with Crippen LogP contribution in [0.1, 0.15) is 136 Å². The van der Waals surface area contributed by atoms with E-state index in [1.165, 1.54) is 104 Å². The molecule has 0 radical (unpaired) electrons. The molecule has 2 fully saturated rings. The number of ether oxygens (including phenoxy) is 1. The summed E-state index contributed by atoms with van der Waals surface area (Å²) in [4.78, 5) is 4.98. The maximum absolute atomic E-state index is 14.5. The van der Waals surface area contributed by atoms with E-state index in [0.717, 1.165) is 68.0 Å². The van der Waals surface area contributed by atoms with Crippen molar-refractivity contribution >= 4 is 0 Å². The monoisotopic (exact) mass is 778 g/mol. The Morgan fingerprint density at radius 1 is 0.947 bits per heavy atom. The third kappa shape index (κ3) is 11.7. The summed E-state index contributed by atoms with van der Waals surface area (Å²) in [6.45, 7) is 23.5. The molecule has 3 atom stereocenters. The number of nitrogens with zero attached hydrogens (tertiary/aromatic N) is 2. The molecule has 0 amide bonds. The minimum absolute atomic E-state index is 0.177. The standard InChI is InChI=1S/C49H63F2N3O.C2H6/c1-6-7-8-9-10-11-12-13-14-15-17-20-36(3)55-34-42-22-19-16-18-21-40(42)27-39-28-45-37(4)46(38(5)52-31-41-24-25-43(50)30-47(41)51)33-53-32-44-26-23-35(2)54(44)48(29-39)49(45)53;1-2/h16,18-19,21-22,24-25,30,33,35,40,44,52H,3-15,17,20,23,26-28,31-32,34H2,1-2H3;1-2H3. The first kappa shape index (κ1) is 43.8. The van der Waals surface area contributed by atoms with E-state index in [9.17, 15) is 8.78 Å². The molecule has 308 valence electrons. The van der Waals surface area contributed by atoms with Gasteiger partial charge in [0.05, 0.1) is 11.5 Å². The predicted octanol–water partition coefficient (Wildman–Crippen LogP) is 13.6. The molecule has 3 heterocycles. The van der Waals surface area contributed by atoms with Gasteiger partial charge in [0.2, 0.25) is 0 Å². The zero-order chi connectivity index (χ0) is 40.7. The minimum Gasteiger partial charge on any atom is -0.494 e. The Morgan fingerprint density at radius 3 is 2.39 bits per heavy atom. The average molecular weight is 778 g/mol. The van der Waals surface area contributed by atoms with Crippen LogP contribution in [0.25, 0.3) is 0 Å². The van der Waals surface area contributed by atoms with Crippen molar-refractivity contribution in [2.24, 2.45) is 5.92 Å². The zero-order valence-electron chi connectivity index (χ0n) is 35.5. The highest BCUT2D eigenvalue weighted by atomic mass is 19.1. The topological polar surface area (TPSA) is 27.7 Å². The second kappa shape index (κ2) is 22.0. The normalized spacial score (nSPS) is 20.7. The number of allylic oxidation sites excluding steroid dienone is 8. The van der Waals surface area contributed by atoms with Crippen LogP contribution in [-0.4, -0.2) is 35.0 Å². The van der Waals surface area contributed by atoms with Crippen molar-refractivity contribution in [3.05, 3.63) is 148 Å². The molecular weight excluding hydrogens is 709 g/mol. The SMILES string of the molecule is C=C(CCCCCCCCCCCCC)OCC1=CC=CC=CC1CC1=C=C2C3=C(C1)C(=C)C(C(=C)NCc1ccc(F)cc1F)=CN3CC1CCC(C)N21.CC. The molecule has 3 unspecified atom stereocenters. The molecule has 6 heteroatoms. The zero-order valence-corrected chi connectivity index (χ0v) is 35.5. The summed E-state index contributed by atoms with van der Waals surface area (Å²) in [5.74, 6) is -0.0954. The number of hydrogen-bond donors (Lipinski definition) is 1. The van der Waals surface area contributed by atoms with E-state index in [1.807, 2.05) is 13.8 Å². The van der Waals surface area contributed by atoms with Crippen molar-refractivity contribution in [1.82, 2.24) is 15.1 Å². The fourth-order valence-corrected chi connectivity index (χ4v) is 8.84. The summed E-state index contributed by atoms with van der Waals surface area (Å²) in [5.41, 5.74) is 13.0. The first-order valence-corrected chi connectivity index (χ1v) is 22.1. The van der Waals surface area contributed by atoms with Gasteiger partial charge in [-0.25, -0.2) is 8.78 Å². The molecule has 0 saturated carbocycles. The van der Waals surface area contributed by atoms with Crippen LogP contribution in [0, 0.1) is 17.6 Å². The maximum atomic E-state index is 14.5. The molecule has 4 nitrogen and oxygen atoms in total. The Hall–Kier alpha value is -4.28. The van der Waals surface area contributed by atoms with Gasteiger partial charge in [-0.2, -0.15) is 0 Å². The first-order valence-electron chi connectivity index (χ1n) is 22.1. The van der Waals surface area contributed by atoms with Gasteiger partial charge in [0.1, 0.15) is 23.9 Å². The molecule has 1 aromatic rings. The van der Waals surface area contributed by atoms with Crippen LogP contribution in [0.3, 0.4) is 0 Å². The van der Waals surface area contributed by atoms with Crippen LogP contribution >= 0.6 is 0 Å². The molecule has 6 rings (SSSR count). The van der Waals surface area contributed by atoms with Crippen molar-refractivity contribution in [3.63, 3.8) is 0 Å². The van der Waals surface area contributed by atoms with Gasteiger partial charge in [-0.05, 0) is 61.0 Å². The van der Waals surface area contributed by atoms with E-state index < -0.39 is 11.6 Å². The van der Waals surface area contributed by atoms with E-state index >= 15 is 0 Å². The van der Waals surface area contributed by atoms with Crippen LogP contribution in [0.4, 0.5) is 8.78 Å². The fraction of sp³-hybridized carbons (Fsp3) is 0.510. The van der Waals surface area contributed by atoms with Gasteiger partial charge in [0.15, 0.2) is 0 Å².